The maximum Gasteiger partial charge on any atom is 0.257 e. The smallest absolute Gasteiger partial charge is 0.257 e. The molecule has 3 heterocycles. The van der Waals surface area contributed by atoms with E-state index < -0.39 is 17.2 Å². The Bertz CT molecular complexity index is 2020. The molecule has 0 unspecified atom stereocenters. The molecule has 0 spiro atoms. The van der Waals surface area contributed by atoms with Crippen LogP contribution in [0.4, 0.5) is 10.1 Å². The number of hydrogen-bond acceptors (Lipinski definition) is 5. The minimum absolute atomic E-state index is 0.0673. The molecule has 0 fully saturated rings. The third kappa shape index (κ3) is 4.54. The normalized spacial score (nSPS) is 11.7. The topological polar surface area (TPSA) is 90.2 Å². The second-order valence-corrected chi connectivity index (χ2v) is 10.2. The SMILES string of the molecule is O=C(NCc1ccccc1)c1cn2c3c(c(NCCCn4ccnc4)c(F)cc3c1=O)Oc1cc3ccccc3cc1-2. The van der Waals surface area contributed by atoms with Crippen LogP contribution < -0.4 is 20.8 Å². The van der Waals surface area contributed by atoms with Gasteiger partial charge < -0.3 is 24.5 Å². The van der Waals surface area contributed by atoms with E-state index in [2.05, 4.69) is 15.6 Å². The van der Waals surface area contributed by atoms with Gasteiger partial charge in [0, 0.05) is 38.2 Å². The van der Waals surface area contributed by atoms with E-state index >= 15 is 4.39 Å². The Hall–Kier alpha value is -5.44. The van der Waals surface area contributed by atoms with E-state index in [-0.39, 0.29) is 28.9 Å². The molecule has 0 saturated carbocycles. The Morgan fingerprint density at radius 2 is 1.79 bits per heavy atom. The summed E-state index contributed by atoms with van der Waals surface area (Å²) in [5, 5.41) is 8.00. The number of nitrogens with zero attached hydrogens (tertiary/aromatic N) is 3. The zero-order valence-electron chi connectivity index (χ0n) is 22.5. The van der Waals surface area contributed by atoms with Crippen molar-refractivity contribution in [2.24, 2.45) is 0 Å². The van der Waals surface area contributed by atoms with Crippen LogP contribution >= 0.6 is 0 Å². The van der Waals surface area contributed by atoms with Crippen molar-refractivity contribution in [1.82, 2.24) is 19.4 Å². The first kappa shape index (κ1) is 25.5. The lowest BCUT2D eigenvalue weighted by Gasteiger charge is -2.26. The van der Waals surface area contributed by atoms with Crippen molar-refractivity contribution in [3.63, 3.8) is 0 Å². The first-order valence-electron chi connectivity index (χ1n) is 13.7. The number of aromatic nitrogens is 3. The Morgan fingerprint density at radius 1 is 1.00 bits per heavy atom. The highest BCUT2D eigenvalue weighted by Gasteiger charge is 2.28. The molecule has 1 aliphatic heterocycles. The Morgan fingerprint density at radius 3 is 2.57 bits per heavy atom. The second kappa shape index (κ2) is 10.5. The van der Waals surface area contributed by atoms with Crippen molar-refractivity contribution in [3.8, 4) is 17.2 Å². The molecule has 0 bridgehead atoms. The summed E-state index contributed by atoms with van der Waals surface area (Å²) >= 11 is 0. The van der Waals surface area contributed by atoms with Gasteiger partial charge in [-0.25, -0.2) is 9.37 Å². The van der Waals surface area contributed by atoms with E-state index in [9.17, 15) is 9.59 Å². The summed E-state index contributed by atoms with van der Waals surface area (Å²) in [5.74, 6) is -0.459. The van der Waals surface area contributed by atoms with Gasteiger partial charge in [0.2, 0.25) is 5.43 Å². The molecule has 1 aliphatic rings. The van der Waals surface area contributed by atoms with E-state index in [4.69, 9.17) is 4.74 Å². The lowest BCUT2D eigenvalue weighted by Crippen LogP contribution is -2.30. The Kier molecular flexibility index (Phi) is 6.39. The minimum Gasteiger partial charge on any atom is -0.451 e. The van der Waals surface area contributed by atoms with E-state index in [1.807, 2.05) is 77.5 Å². The van der Waals surface area contributed by atoms with Gasteiger partial charge in [0.05, 0.1) is 17.4 Å². The van der Waals surface area contributed by atoms with Crippen molar-refractivity contribution < 1.29 is 13.9 Å². The third-order valence-corrected chi connectivity index (χ3v) is 7.49. The van der Waals surface area contributed by atoms with Gasteiger partial charge in [-0.3, -0.25) is 9.59 Å². The highest BCUT2D eigenvalue weighted by molar-refractivity contribution is 6.02. The van der Waals surface area contributed by atoms with Gasteiger partial charge >= 0.3 is 0 Å². The number of carbonyl (C=O) groups excluding carboxylic acids is 1. The highest BCUT2D eigenvalue weighted by Crippen LogP contribution is 2.46. The monoisotopic (exact) mass is 559 g/mol. The van der Waals surface area contributed by atoms with Gasteiger partial charge in [-0.05, 0) is 41.0 Å². The number of benzene rings is 4. The van der Waals surface area contributed by atoms with Crippen molar-refractivity contribution in [1.29, 1.82) is 0 Å². The maximum absolute atomic E-state index is 15.7. The zero-order valence-corrected chi connectivity index (χ0v) is 22.5. The second-order valence-electron chi connectivity index (χ2n) is 10.2. The molecule has 6 aromatic rings. The van der Waals surface area contributed by atoms with Crippen molar-refractivity contribution in [2.75, 3.05) is 11.9 Å². The average Bonchev–Trinajstić information content (AvgIpc) is 3.53. The van der Waals surface area contributed by atoms with Crippen LogP contribution in [0.3, 0.4) is 0 Å². The van der Waals surface area contributed by atoms with Crippen LogP contribution in [0.2, 0.25) is 0 Å². The molecule has 2 N–H and O–H groups in total. The molecule has 2 aromatic heterocycles. The van der Waals surface area contributed by atoms with Crippen LogP contribution in [-0.2, 0) is 13.1 Å². The standard InChI is InChI=1S/C33H26FN5O3/c34-26-17-24-30-32(29(26)36-11-6-13-38-14-12-35-20-38)42-28-16-23-10-5-4-9-22(23)15-27(28)39(30)19-25(31(24)40)33(41)37-18-21-7-2-1-3-8-21/h1-5,7-10,12,14-17,19-20,36H,6,11,13,18H2,(H,37,41). The number of fused-ring (bicyclic) bond motifs is 3. The van der Waals surface area contributed by atoms with Crippen LogP contribution in [0.25, 0.3) is 27.4 Å². The number of hydrogen-bond donors (Lipinski definition) is 2. The molecule has 208 valence electrons. The van der Waals surface area contributed by atoms with Gasteiger partial charge in [-0.2, -0.15) is 0 Å². The molecular weight excluding hydrogens is 533 g/mol. The minimum atomic E-state index is -0.630. The summed E-state index contributed by atoms with van der Waals surface area (Å²) in [4.78, 5) is 31.1. The fraction of sp³-hybridized carbons (Fsp3) is 0.121. The molecule has 0 atom stereocenters. The number of anilines is 1. The summed E-state index contributed by atoms with van der Waals surface area (Å²) in [7, 11) is 0. The summed E-state index contributed by atoms with van der Waals surface area (Å²) in [5.41, 5.74) is 1.48. The first-order chi connectivity index (χ1) is 20.6. The fourth-order valence-electron chi connectivity index (χ4n) is 5.40. The van der Waals surface area contributed by atoms with Crippen LogP contribution in [-0.4, -0.2) is 26.6 Å². The van der Waals surface area contributed by atoms with Gasteiger partial charge in [-0.15, -0.1) is 0 Å². The van der Waals surface area contributed by atoms with Crippen LogP contribution in [0.1, 0.15) is 22.3 Å². The fourth-order valence-corrected chi connectivity index (χ4v) is 5.40. The number of pyridine rings is 1. The summed E-state index contributed by atoms with van der Waals surface area (Å²) < 4.78 is 25.8. The molecule has 7 rings (SSSR count). The molecule has 0 radical (unpaired) electrons. The lowest BCUT2D eigenvalue weighted by molar-refractivity contribution is 0.0949. The molecule has 8 nitrogen and oxygen atoms in total. The summed E-state index contributed by atoms with van der Waals surface area (Å²) in [6.07, 6.45) is 7.56. The molecule has 4 aromatic carbocycles. The van der Waals surface area contributed by atoms with Gasteiger partial charge in [0.25, 0.3) is 5.91 Å². The molecular formula is C33H26FN5O3. The van der Waals surface area contributed by atoms with Gasteiger partial charge in [0.15, 0.2) is 17.3 Å². The van der Waals surface area contributed by atoms with E-state index in [1.165, 1.54) is 12.3 Å². The molecule has 1 amide bonds. The number of carbonyl (C=O) groups is 1. The third-order valence-electron chi connectivity index (χ3n) is 7.49. The van der Waals surface area contributed by atoms with Crippen molar-refractivity contribution >= 4 is 33.3 Å². The molecule has 0 saturated heterocycles. The molecule has 0 aliphatic carbocycles. The lowest BCUT2D eigenvalue weighted by atomic mass is 10.0. The van der Waals surface area contributed by atoms with Gasteiger partial charge in [0.1, 0.15) is 16.8 Å². The highest BCUT2D eigenvalue weighted by atomic mass is 19.1. The first-order valence-corrected chi connectivity index (χ1v) is 13.7. The number of nitrogens with one attached hydrogen (secondary N) is 2. The summed E-state index contributed by atoms with van der Waals surface area (Å²) in [6, 6.07) is 22.3. The van der Waals surface area contributed by atoms with Crippen molar-refractivity contribution in [2.45, 2.75) is 19.5 Å². The largest absolute Gasteiger partial charge is 0.451 e. The average molecular weight is 560 g/mol. The number of amides is 1. The zero-order chi connectivity index (χ0) is 28.6. The Balaban J connectivity index is 1.33. The number of ether oxygens (including phenoxy) is 1. The number of imidazole rings is 1. The van der Waals surface area contributed by atoms with E-state index in [0.29, 0.717) is 36.5 Å². The quantitative estimate of drug-likeness (QED) is 0.222. The predicted octanol–water partition coefficient (Wildman–Crippen LogP) is 6.02. The van der Waals surface area contributed by atoms with E-state index in [1.54, 1.807) is 17.1 Å². The van der Waals surface area contributed by atoms with Crippen molar-refractivity contribution in [3.05, 3.63) is 125 Å². The maximum atomic E-state index is 15.7. The summed E-state index contributed by atoms with van der Waals surface area (Å²) in [6.45, 7) is 1.42. The molecule has 9 heteroatoms. The number of aryl methyl sites for hydroxylation is 1. The Labute approximate surface area is 240 Å². The number of halogens is 1. The van der Waals surface area contributed by atoms with Crippen LogP contribution in [0.15, 0.2) is 103 Å². The molecule has 42 heavy (non-hydrogen) atoms. The van der Waals surface area contributed by atoms with Gasteiger partial charge in [-0.1, -0.05) is 54.6 Å². The predicted molar refractivity (Wildman–Crippen MR) is 160 cm³/mol. The van der Waals surface area contributed by atoms with Crippen LogP contribution in [0, 0.1) is 5.82 Å². The number of rotatable bonds is 8. The van der Waals surface area contributed by atoms with E-state index in [0.717, 1.165) is 16.3 Å². The van der Waals surface area contributed by atoms with Crippen LogP contribution in [0.5, 0.6) is 11.5 Å².